The highest BCUT2D eigenvalue weighted by Crippen LogP contribution is 2.23. The lowest BCUT2D eigenvalue weighted by Crippen LogP contribution is -2.23. The monoisotopic (exact) mass is 386 g/mol. The first-order valence-corrected chi connectivity index (χ1v) is 9.65. The third kappa shape index (κ3) is 6.07. The van der Waals surface area contributed by atoms with Crippen LogP contribution in [0.3, 0.4) is 0 Å². The molecular formula is C21H23ClN2O3. The number of Topliss-reactive ketones (excluding diaryl/α,β-unsaturated/α-hetero) is 1. The summed E-state index contributed by atoms with van der Waals surface area (Å²) in [6.45, 7) is 0.386. The number of ether oxygens (including phenoxy) is 1. The van der Waals surface area contributed by atoms with Crippen LogP contribution in [-0.4, -0.2) is 22.8 Å². The lowest BCUT2D eigenvalue weighted by atomic mass is 10.1. The van der Waals surface area contributed by atoms with Crippen molar-refractivity contribution in [3.8, 4) is 5.88 Å². The fourth-order valence-corrected chi connectivity index (χ4v) is 3.22. The number of rotatable bonds is 8. The molecule has 5 nitrogen and oxygen atoms in total. The van der Waals surface area contributed by atoms with Crippen LogP contribution in [0.2, 0.25) is 5.02 Å². The number of nitrogens with one attached hydrogen (secondary N) is 1. The summed E-state index contributed by atoms with van der Waals surface area (Å²) in [5.41, 5.74) is 1.49. The van der Waals surface area contributed by atoms with Crippen LogP contribution in [0.5, 0.6) is 5.88 Å². The summed E-state index contributed by atoms with van der Waals surface area (Å²) in [4.78, 5) is 28.4. The standard InChI is InChI=1S/C21H23ClN2O3/c22-17-7-5-16(6-8-17)19(25)9-10-20(26)24-14-15-11-12-23-21(13-15)27-18-3-1-2-4-18/h5-8,11-13,18H,1-4,9-10,14H2,(H,24,26). The first kappa shape index (κ1) is 19.4. The van der Waals surface area contributed by atoms with Crippen LogP contribution in [-0.2, 0) is 11.3 Å². The molecule has 0 radical (unpaired) electrons. The molecule has 3 rings (SSSR count). The molecule has 1 amide bonds. The van der Waals surface area contributed by atoms with Gasteiger partial charge >= 0.3 is 0 Å². The minimum Gasteiger partial charge on any atom is -0.474 e. The highest BCUT2D eigenvalue weighted by molar-refractivity contribution is 6.30. The number of ketones is 1. The predicted molar refractivity (Wildman–Crippen MR) is 104 cm³/mol. The van der Waals surface area contributed by atoms with Gasteiger partial charge in [-0.3, -0.25) is 9.59 Å². The average Bonchev–Trinajstić information content (AvgIpc) is 3.18. The van der Waals surface area contributed by atoms with Crippen molar-refractivity contribution in [3.63, 3.8) is 0 Å². The van der Waals surface area contributed by atoms with Crippen molar-refractivity contribution in [1.29, 1.82) is 0 Å². The fraction of sp³-hybridized carbons (Fsp3) is 0.381. The second-order valence-corrected chi connectivity index (χ2v) is 7.17. The Balaban J connectivity index is 1.43. The minimum absolute atomic E-state index is 0.0713. The van der Waals surface area contributed by atoms with Gasteiger partial charge in [0.05, 0.1) is 0 Å². The molecule has 1 aliphatic carbocycles. The summed E-state index contributed by atoms with van der Waals surface area (Å²) in [5, 5.41) is 3.42. The highest BCUT2D eigenvalue weighted by Gasteiger charge is 2.17. The minimum atomic E-state index is -0.160. The molecule has 0 spiro atoms. The lowest BCUT2D eigenvalue weighted by Gasteiger charge is -2.13. The number of amides is 1. The molecule has 2 aromatic rings. The van der Waals surface area contributed by atoms with Crippen LogP contribution in [0.15, 0.2) is 42.6 Å². The van der Waals surface area contributed by atoms with Gasteiger partial charge in [0.15, 0.2) is 5.78 Å². The van der Waals surface area contributed by atoms with Gasteiger partial charge in [0.1, 0.15) is 6.10 Å². The van der Waals surface area contributed by atoms with E-state index in [9.17, 15) is 9.59 Å². The summed E-state index contributed by atoms with van der Waals surface area (Å²) < 4.78 is 5.88. The van der Waals surface area contributed by atoms with E-state index >= 15 is 0 Å². The molecule has 0 aliphatic heterocycles. The second-order valence-electron chi connectivity index (χ2n) is 6.73. The molecule has 0 unspecified atom stereocenters. The van der Waals surface area contributed by atoms with Gasteiger partial charge in [-0.1, -0.05) is 11.6 Å². The zero-order valence-corrected chi connectivity index (χ0v) is 15.9. The molecule has 6 heteroatoms. The molecule has 1 aromatic carbocycles. The van der Waals surface area contributed by atoms with Crippen LogP contribution >= 0.6 is 11.6 Å². The molecule has 1 heterocycles. The smallest absolute Gasteiger partial charge is 0.220 e. The Labute approximate surface area is 164 Å². The van der Waals surface area contributed by atoms with Crippen molar-refractivity contribution in [3.05, 3.63) is 58.7 Å². The highest BCUT2D eigenvalue weighted by atomic mass is 35.5. The summed E-state index contributed by atoms with van der Waals surface area (Å²) in [7, 11) is 0. The quantitative estimate of drug-likeness (QED) is 0.685. The van der Waals surface area contributed by atoms with Gasteiger partial charge < -0.3 is 10.1 Å². The predicted octanol–water partition coefficient (Wildman–Crippen LogP) is 4.34. The Morgan fingerprint density at radius 1 is 1.11 bits per heavy atom. The molecule has 0 atom stereocenters. The van der Waals surface area contributed by atoms with Crippen LogP contribution in [0.25, 0.3) is 0 Å². The molecular weight excluding hydrogens is 364 g/mol. The molecule has 142 valence electrons. The van der Waals surface area contributed by atoms with E-state index < -0.39 is 0 Å². The number of halogens is 1. The number of benzene rings is 1. The van der Waals surface area contributed by atoms with Crippen molar-refractivity contribution in [2.75, 3.05) is 0 Å². The molecule has 1 aliphatic rings. The number of hydrogen-bond acceptors (Lipinski definition) is 4. The van der Waals surface area contributed by atoms with E-state index in [0.717, 1.165) is 18.4 Å². The van der Waals surface area contributed by atoms with Crippen LogP contribution in [0.1, 0.15) is 54.4 Å². The van der Waals surface area contributed by atoms with Gasteiger partial charge in [-0.05, 0) is 61.6 Å². The lowest BCUT2D eigenvalue weighted by molar-refractivity contribution is -0.121. The molecule has 27 heavy (non-hydrogen) atoms. The van der Waals surface area contributed by atoms with E-state index in [-0.39, 0.29) is 30.6 Å². The van der Waals surface area contributed by atoms with Crippen molar-refractivity contribution in [1.82, 2.24) is 10.3 Å². The van der Waals surface area contributed by atoms with Gasteiger partial charge in [-0.2, -0.15) is 0 Å². The SMILES string of the molecule is O=C(CCC(=O)c1ccc(Cl)cc1)NCc1ccnc(OC2CCCC2)c1. The van der Waals surface area contributed by atoms with E-state index in [4.69, 9.17) is 16.3 Å². The van der Waals surface area contributed by atoms with E-state index in [1.165, 1.54) is 12.8 Å². The summed E-state index contributed by atoms with van der Waals surface area (Å²) >= 11 is 5.81. The van der Waals surface area contributed by atoms with E-state index in [2.05, 4.69) is 10.3 Å². The number of carbonyl (C=O) groups is 2. The van der Waals surface area contributed by atoms with Gasteiger partial charge in [-0.15, -0.1) is 0 Å². The Kier molecular flexibility index (Phi) is 6.82. The second kappa shape index (κ2) is 9.51. The van der Waals surface area contributed by atoms with E-state index in [0.29, 0.717) is 23.0 Å². The molecule has 0 saturated heterocycles. The van der Waals surface area contributed by atoms with Crippen molar-refractivity contribution >= 4 is 23.3 Å². The number of hydrogen-bond donors (Lipinski definition) is 1. The maximum absolute atomic E-state index is 12.1. The average molecular weight is 387 g/mol. The third-order valence-corrected chi connectivity index (χ3v) is 4.88. The fourth-order valence-electron chi connectivity index (χ4n) is 3.10. The largest absolute Gasteiger partial charge is 0.474 e. The summed E-state index contributed by atoms with van der Waals surface area (Å²) in [5.74, 6) is 0.372. The maximum Gasteiger partial charge on any atom is 0.220 e. The third-order valence-electron chi connectivity index (χ3n) is 4.62. The van der Waals surface area contributed by atoms with E-state index in [1.807, 2.05) is 12.1 Å². The first-order chi connectivity index (χ1) is 13.1. The van der Waals surface area contributed by atoms with Crippen molar-refractivity contribution in [2.24, 2.45) is 0 Å². The van der Waals surface area contributed by atoms with Gasteiger partial charge in [0, 0.05) is 42.2 Å². The zero-order valence-electron chi connectivity index (χ0n) is 15.1. The molecule has 1 fully saturated rings. The van der Waals surface area contributed by atoms with Gasteiger partial charge in [-0.25, -0.2) is 4.98 Å². The Hall–Kier alpha value is -2.40. The number of nitrogens with zero attached hydrogens (tertiary/aromatic N) is 1. The van der Waals surface area contributed by atoms with E-state index in [1.54, 1.807) is 30.5 Å². The molecule has 1 N–H and O–H groups in total. The van der Waals surface area contributed by atoms with Crippen LogP contribution in [0.4, 0.5) is 0 Å². The van der Waals surface area contributed by atoms with Gasteiger partial charge in [0.25, 0.3) is 0 Å². The maximum atomic E-state index is 12.1. The number of aromatic nitrogens is 1. The Bertz CT molecular complexity index is 786. The first-order valence-electron chi connectivity index (χ1n) is 9.27. The number of carbonyl (C=O) groups excluding carboxylic acids is 2. The summed E-state index contributed by atoms with van der Waals surface area (Å²) in [6.07, 6.45) is 6.81. The van der Waals surface area contributed by atoms with Crippen LogP contribution < -0.4 is 10.1 Å². The molecule has 1 saturated carbocycles. The molecule has 1 aromatic heterocycles. The van der Waals surface area contributed by atoms with Crippen LogP contribution in [0, 0.1) is 0 Å². The van der Waals surface area contributed by atoms with Crippen molar-refractivity contribution in [2.45, 2.75) is 51.2 Å². The summed E-state index contributed by atoms with van der Waals surface area (Å²) in [6, 6.07) is 10.4. The van der Waals surface area contributed by atoms with Crippen molar-refractivity contribution < 1.29 is 14.3 Å². The Morgan fingerprint density at radius 3 is 2.59 bits per heavy atom. The number of pyridine rings is 1. The Morgan fingerprint density at radius 2 is 1.85 bits per heavy atom. The topological polar surface area (TPSA) is 68.3 Å². The molecule has 0 bridgehead atoms. The normalized spacial score (nSPS) is 14.1. The van der Waals surface area contributed by atoms with Gasteiger partial charge in [0.2, 0.25) is 11.8 Å². The zero-order chi connectivity index (χ0) is 19.1.